The van der Waals surface area contributed by atoms with Crippen LogP contribution in [0.15, 0.2) is 84.9 Å². The number of anilines is 4. The van der Waals surface area contributed by atoms with Gasteiger partial charge in [-0.05, 0) is 97.9 Å². The van der Waals surface area contributed by atoms with Gasteiger partial charge < -0.3 is 23.1 Å². The molecule has 84 heavy (non-hydrogen) atoms. The van der Waals surface area contributed by atoms with E-state index in [4.69, 9.17) is 22.6 Å². The fourth-order valence-electron chi connectivity index (χ4n) is 7.45. The Bertz CT molecular complexity index is 3580. The molecule has 0 unspecified atom stereocenters. The predicted molar refractivity (Wildman–Crippen MR) is 256 cm³/mol. The molecule has 0 aromatic heterocycles. The monoisotopic (exact) mass is 1240 g/mol. The number of aryl methyl sites for hydroxylation is 4. The van der Waals surface area contributed by atoms with E-state index >= 15 is 4.39 Å². The third kappa shape index (κ3) is 14.3. The Labute approximate surface area is 488 Å². The van der Waals surface area contributed by atoms with Gasteiger partial charge in [0.15, 0.2) is 11.6 Å². The molecule has 0 saturated carbocycles. The average molecular weight is 1240 g/mol. The van der Waals surface area contributed by atoms with Crippen LogP contribution in [0.4, 0.5) is 111 Å². The second-order valence-electron chi connectivity index (χ2n) is 17.1. The van der Waals surface area contributed by atoms with Gasteiger partial charge in [0.05, 0.1) is 33.6 Å². The summed E-state index contributed by atoms with van der Waals surface area (Å²) < 4.78 is 270. The number of rotatable bonds is 9. The summed E-state index contributed by atoms with van der Waals surface area (Å²) in [5.41, 5.74) is -19.4. The smallest absolute Gasteiger partial charge is 1.00 e. The van der Waals surface area contributed by atoms with Crippen molar-refractivity contribution >= 4 is 57.3 Å². The minimum Gasteiger partial charge on any atom is -1.00 e. The Balaban J connectivity index is 0.000000497. The SMILES string of the molecule is Cc1cc(C(F)(C(F)(F)F)C(F)(F)F)cc(C)c1NC(=O)c1cc(F)c(C#N)c(N)c1F.Cc1cc(C(F)(C(F)(F)F)C(F)(F)F)cc(C)c1NC(=O)c1cc(F)c(C#N)c(NC(=O)c2ccccc2F)c1F.O=C(Cl)c1ccccc1F.[H-].[Na+]. The molecule has 0 bridgehead atoms. The Morgan fingerprint density at radius 3 is 1.06 bits per heavy atom. The molecule has 6 rings (SSSR count). The molecule has 0 radical (unpaired) electrons. The van der Waals surface area contributed by atoms with Crippen molar-refractivity contribution in [1.29, 1.82) is 10.5 Å². The molecule has 5 N–H and O–H groups in total. The van der Waals surface area contributed by atoms with Crippen LogP contribution >= 0.6 is 11.6 Å². The maximum Gasteiger partial charge on any atom is 1.00 e. The predicted octanol–water partition coefficient (Wildman–Crippen LogP) is 12.3. The molecule has 0 aliphatic heterocycles. The van der Waals surface area contributed by atoms with E-state index in [1.54, 1.807) is 6.07 Å². The van der Waals surface area contributed by atoms with Gasteiger partial charge in [-0.25, -0.2) is 35.1 Å². The Hall–Kier alpha value is -7.93. The number of nitrogens with two attached hydrogens (primary N) is 1. The fraction of sp³-hybridized carbons (Fsp3) is 0.192. The number of halogens is 21. The first-order chi connectivity index (χ1) is 38.0. The minimum atomic E-state index is -6.40. The van der Waals surface area contributed by atoms with Crippen molar-refractivity contribution in [3.63, 3.8) is 0 Å². The van der Waals surface area contributed by atoms with Crippen molar-refractivity contribution in [2.45, 2.75) is 63.7 Å². The van der Waals surface area contributed by atoms with E-state index in [1.807, 2.05) is 16.0 Å². The zero-order valence-electron chi connectivity index (χ0n) is 43.6. The van der Waals surface area contributed by atoms with E-state index in [1.165, 1.54) is 42.5 Å². The first-order valence-corrected chi connectivity index (χ1v) is 22.5. The summed E-state index contributed by atoms with van der Waals surface area (Å²) in [6.45, 7) is 3.80. The van der Waals surface area contributed by atoms with Gasteiger partial charge in [0.25, 0.3) is 23.0 Å². The first kappa shape index (κ1) is 70.3. The molecule has 32 heteroatoms. The third-order valence-electron chi connectivity index (χ3n) is 11.5. The van der Waals surface area contributed by atoms with E-state index in [0.29, 0.717) is 6.07 Å². The van der Waals surface area contributed by atoms with Crippen LogP contribution in [-0.4, -0.2) is 47.7 Å². The summed E-state index contributed by atoms with van der Waals surface area (Å²) in [6, 6.07) is 13.9. The van der Waals surface area contributed by atoms with Crippen LogP contribution in [0, 0.1) is 85.3 Å². The van der Waals surface area contributed by atoms with E-state index in [-0.39, 0.29) is 72.6 Å². The maximum absolute atomic E-state index is 15.3. The Morgan fingerprint density at radius 1 is 0.452 bits per heavy atom. The zero-order valence-corrected chi connectivity index (χ0v) is 45.4. The molecule has 0 saturated heterocycles. The van der Waals surface area contributed by atoms with Crippen LogP contribution < -0.4 is 51.2 Å². The normalized spacial score (nSPS) is 11.8. The van der Waals surface area contributed by atoms with Crippen LogP contribution in [0.2, 0.25) is 0 Å². The van der Waals surface area contributed by atoms with Gasteiger partial charge in [-0.1, -0.05) is 48.5 Å². The number of hydrogen-bond donors (Lipinski definition) is 4. The van der Waals surface area contributed by atoms with Crippen molar-refractivity contribution in [2.75, 3.05) is 21.7 Å². The number of hydrogen-bond acceptors (Lipinski definition) is 7. The number of benzene rings is 6. The van der Waals surface area contributed by atoms with Crippen LogP contribution in [0.5, 0.6) is 0 Å². The molecule has 442 valence electrons. The number of carbonyl (C=O) groups excluding carboxylic acids is 4. The number of nitrogens with one attached hydrogen (secondary N) is 3. The summed E-state index contributed by atoms with van der Waals surface area (Å²) >= 11 is 5.03. The topological polar surface area (TPSA) is 178 Å². The van der Waals surface area contributed by atoms with Crippen molar-refractivity contribution < 1.29 is 138 Å². The molecule has 0 fully saturated rings. The second kappa shape index (κ2) is 26.3. The van der Waals surface area contributed by atoms with Crippen molar-refractivity contribution in [2.24, 2.45) is 0 Å². The zero-order chi connectivity index (χ0) is 63.4. The van der Waals surface area contributed by atoms with Crippen LogP contribution in [-0.2, 0) is 11.3 Å². The molecule has 10 nitrogen and oxygen atoms in total. The molecular weight excluding hydrogens is 1210 g/mol. The van der Waals surface area contributed by atoms with Gasteiger partial charge in [-0.3, -0.25) is 19.2 Å². The maximum atomic E-state index is 15.3. The molecule has 0 atom stereocenters. The van der Waals surface area contributed by atoms with Crippen LogP contribution in [0.1, 0.15) is 87.4 Å². The van der Waals surface area contributed by atoms with E-state index in [0.717, 1.165) is 39.8 Å². The average Bonchev–Trinajstić information content (AvgIpc) is 2.25. The number of nitrogen functional groups attached to an aromatic ring is 1. The summed E-state index contributed by atoms with van der Waals surface area (Å²) in [4.78, 5) is 48.0. The van der Waals surface area contributed by atoms with Gasteiger partial charge in [-0.15, -0.1) is 0 Å². The number of nitriles is 2. The third-order valence-corrected chi connectivity index (χ3v) is 11.7. The number of amides is 3. The summed E-state index contributed by atoms with van der Waals surface area (Å²) in [5.74, 6) is -11.8. The van der Waals surface area contributed by atoms with E-state index in [2.05, 4.69) is 0 Å². The quantitative estimate of drug-likeness (QED) is 0.0482. The number of carbonyl (C=O) groups is 4. The number of alkyl halides is 14. The molecule has 6 aromatic rings. The Morgan fingerprint density at radius 2 is 0.750 bits per heavy atom. The van der Waals surface area contributed by atoms with Gasteiger partial charge in [-0.2, -0.15) is 63.2 Å². The van der Waals surface area contributed by atoms with Crippen LogP contribution in [0.3, 0.4) is 0 Å². The molecule has 0 spiro atoms. The standard InChI is InChI=1S/C26H15F10N3O2.C19H12F9N3O.C7H4ClFO.Na.H/c1-11-7-13(24(30,25(31,32)33)26(34,35)36)8-12(2)20(11)38-23(41)15-9-18(28)16(10-37)21(19(15)29)39-22(40)14-5-3-4-6-17(14)27;1-7-3-9(17(22,18(23,24)25)19(26,27)28)4-8(2)15(7)31-16(32)10-5-12(20)11(6-29)14(30)13(10)21;8-7(10)5-3-1-2-4-6(5)9;;/h3-9H,1-2H3,(H,38,41)(H,39,40);3-5H,30H2,1-2H3,(H,31,32);1-4H;;/q;;;+1;-1. The van der Waals surface area contributed by atoms with E-state index < -0.39 is 172 Å². The van der Waals surface area contributed by atoms with Crippen molar-refractivity contribution in [3.05, 3.63) is 187 Å². The molecular formula is C52H32ClF20N6NaO4. The van der Waals surface area contributed by atoms with Crippen molar-refractivity contribution in [3.8, 4) is 12.1 Å². The van der Waals surface area contributed by atoms with Crippen molar-refractivity contribution in [1.82, 2.24) is 0 Å². The summed E-state index contributed by atoms with van der Waals surface area (Å²) in [5, 5.41) is 23.0. The second-order valence-corrected chi connectivity index (χ2v) is 17.4. The molecule has 0 aliphatic carbocycles. The van der Waals surface area contributed by atoms with E-state index in [9.17, 15) is 108 Å². The summed E-state index contributed by atoms with van der Waals surface area (Å²) in [6.07, 6.45) is -25.5. The first-order valence-electron chi connectivity index (χ1n) is 22.1. The van der Waals surface area contributed by atoms with Gasteiger partial charge >= 0.3 is 65.6 Å². The van der Waals surface area contributed by atoms with Gasteiger partial charge in [0, 0.05) is 22.5 Å². The molecule has 3 amide bonds. The Kier molecular flexibility index (Phi) is 22.0. The minimum absolute atomic E-state index is 0. The molecule has 6 aromatic carbocycles. The molecule has 0 heterocycles. The fourth-order valence-corrected chi connectivity index (χ4v) is 7.60. The largest absolute Gasteiger partial charge is 1.00 e. The van der Waals surface area contributed by atoms with Gasteiger partial charge in [0.2, 0.25) is 0 Å². The number of nitrogens with zero attached hydrogens (tertiary/aromatic N) is 2. The van der Waals surface area contributed by atoms with Gasteiger partial charge in [0.1, 0.15) is 46.5 Å². The molecule has 0 aliphatic rings. The summed E-state index contributed by atoms with van der Waals surface area (Å²) in [7, 11) is 0. The van der Waals surface area contributed by atoms with Crippen LogP contribution in [0.25, 0.3) is 0 Å².